The fourth-order valence-electron chi connectivity index (χ4n) is 3.39. The van der Waals surface area contributed by atoms with Crippen molar-refractivity contribution >= 4 is 22.6 Å². The Bertz CT molecular complexity index is 1070. The molecule has 0 aliphatic carbocycles. The van der Waals surface area contributed by atoms with E-state index < -0.39 is 0 Å². The minimum atomic E-state index is -0.370. The summed E-state index contributed by atoms with van der Waals surface area (Å²) in [6.45, 7) is 6.71. The summed E-state index contributed by atoms with van der Waals surface area (Å²) in [5, 5.41) is 3.89. The molecule has 0 spiro atoms. The number of amides is 1. The molecule has 0 atom stereocenters. The van der Waals surface area contributed by atoms with Crippen LogP contribution in [0.3, 0.4) is 0 Å². The number of aryl methyl sites for hydroxylation is 3. The molecule has 0 saturated heterocycles. The van der Waals surface area contributed by atoms with Crippen LogP contribution >= 0.6 is 0 Å². The van der Waals surface area contributed by atoms with Crippen molar-refractivity contribution in [2.24, 2.45) is 0 Å². The Morgan fingerprint density at radius 1 is 1.11 bits per heavy atom. The van der Waals surface area contributed by atoms with Gasteiger partial charge in [0.25, 0.3) is 0 Å². The Balaban J connectivity index is 1.76. The van der Waals surface area contributed by atoms with Gasteiger partial charge in [-0.05, 0) is 55.6 Å². The molecule has 0 fully saturated rings. The number of anilines is 1. The molecular weight excluding hydrogens is 352 g/mol. The van der Waals surface area contributed by atoms with E-state index in [2.05, 4.69) is 12.2 Å². The monoisotopic (exact) mass is 378 g/mol. The number of para-hydroxylation sites is 1. The summed E-state index contributed by atoms with van der Waals surface area (Å²) in [5.74, 6) is -0.0808. The fourth-order valence-corrected chi connectivity index (χ4v) is 3.39. The molecule has 3 aromatic rings. The van der Waals surface area contributed by atoms with Gasteiger partial charge < -0.3 is 9.73 Å². The van der Waals surface area contributed by atoms with E-state index in [4.69, 9.17) is 4.42 Å². The lowest BCUT2D eigenvalue weighted by molar-refractivity contribution is -0.117. The van der Waals surface area contributed by atoms with Crippen molar-refractivity contribution in [1.82, 2.24) is 4.90 Å². The quantitative estimate of drug-likeness (QED) is 0.658. The highest BCUT2D eigenvalue weighted by atomic mass is 16.4. The first-order chi connectivity index (χ1) is 13.4. The molecule has 0 saturated carbocycles. The standard InChI is InChI=1S/C23H26N2O3/c1-5-17-8-6-7-9-20(17)24-21(26)14-25(4)13-18-12-22(27)28-23-16(3)15(2)10-11-19(18)23/h6-12H,5,13-14H2,1-4H3,(H,24,26). The molecule has 3 rings (SSSR count). The summed E-state index contributed by atoms with van der Waals surface area (Å²) in [6.07, 6.45) is 0.858. The van der Waals surface area contributed by atoms with E-state index in [0.717, 1.165) is 39.7 Å². The lowest BCUT2D eigenvalue weighted by Crippen LogP contribution is -2.30. The molecule has 28 heavy (non-hydrogen) atoms. The third kappa shape index (κ3) is 4.31. The molecule has 0 bridgehead atoms. The van der Waals surface area contributed by atoms with Gasteiger partial charge in [-0.15, -0.1) is 0 Å². The highest BCUT2D eigenvalue weighted by Crippen LogP contribution is 2.24. The third-order valence-corrected chi connectivity index (χ3v) is 5.04. The van der Waals surface area contributed by atoms with Crippen LogP contribution in [-0.2, 0) is 17.8 Å². The van der Waals surface area contributed by atoms with Crippen LogP contribution in [-0.4, -0.2) is 24.4 Å². The number of hydrogen-bond acceptors (Lipinski definition) is 4. The normalized spacial score (nSPS) is 11.2. The first kappa shape index (κ1) is 19.8. The summed E-state index contributed by atoms with van der Waals surface area (Å²) in [4.78, 5) is 26.4. The molecule has 1 N–H and O–H groups in total. The SMILES string of the molecule is CCc1ccccc1NC(=O)CN(C)Cc1cc(=O)oc2c(C)c(C)ccc12. The molecule has 1 amide bonds. The Labute approximate surface area is 165 Å². The van der Waals surface area contributed by atoms with E-state index in [9.17, 15) is 9.59 Å². The highest BCUT2D eigenvalue weighted by molar-refractivity contribution is 5.93. The molecule has 0 radical (unpaired) electrons. The molecule has 0 unspecified atom stereocenters. The molecule has 5 nitrogen and oxygen atoms in total. The zero-order chi connectivity index (χ0) is 20.3. The second-order valence-electron chi connectivity index (χ2n) is 7.21. The van der Waals surface area contributed by atoms with Gasteiger partial charge in [-0.25, -0.2) is 4.79 Å². The number of hydrogen-bond donors (Lipinski definition) is 1. The Morgan fingerprint density at radius 3 is 2.61 bits per heavy atom. The van der Waals surface area contributed by atoms with E-state index in [1.807, 2.05) is 62.2 Å². The fraction of sp³-hybridized carbons (Fsp3) is 0.304. The number of likely N-dealkylation sites (N-methyl/N-ethyl adjacent to an activating group) is 1. The third-order valence-electron chi connectivity index (χ3n) is 5.04. The largest absolute Gasteiger partial charge is 0.422 e. The molecule has 1 aromatic heterocycles. The highest BCUT2D eigenvalue weighted by Gasteiger charge is 2.14. The number of rotatable bonds is 6. The van der Waals surface area contributed by atoms with Gasteiger partial charge in [0.2, 0.25) is 5.91 Å². The van der Waals surface area contributed by atoms with Gasteiger partial charge in [0, 0.05) is 23.7 Å². The van der Waals surface area contributed by atoms with Crippen molar-refractivity contribution in [1.29, 1.82) is 0 Å². The van der Waals surface area contributed by atoms with Crippen LogP contribution in [0.4, 0.5) is 5.69 Å². The van der Waals surface area contributed by atoms with Gasteiger partial charge in [-0.2, -0.15) is 0 Å². The summed E-state index contributed by atoms with van der Waals surface area (Å²) in [6, 6.07) is 13.3. The molecule has 5 heteroatoms. The first-order valence-electron chi connectivity index (χ1n) is 9.48. The van der Waals surface area contributed by atoms with E-state index in [1.54, 1.807) is 0 Å². The number of nitrogens with zero attached hydrogens (tertiary/aromatic N) is 1. The molecule has 0 aliphatic heterocycles. The number of benzene rings is 2. The predicted octanol–water partition coefficient (Wildman–Crippen LogP) is 4.04. The van der Waals surface area contributed by atoms with Crippen molar-refractivity contribution in [3.05, 3.63) is 75.1 Å². The van der Waals surface area contributed by atoms with Crippen LogP contribution in [0.2, 0.25) is 0 Å². The number of carbonyl (C=O) groups is 1. The van der Waals surface area contributed by atoms with E-state index in [-0.39, 0.29) is 18.1 Å². The second-order valence-corrected chi connectivity index (χ2v) is 7.21. The Hall–Kier alpha value is -2.92. The zero-order valence-electron chi connectivity index (χ0n) is 16.8. The summed E-state index contributed by atoms with van der Waals surface area (Å²) in [7, 11) is 1.87. The number of carbonyl (C=O) groups excluding carboxylic acids is 1. The topological polar surface area (TPSA) is 62.6 Å². The van der Waals surface area contributed by atoms with E-state index in [1.165, 1.54) is 6.07 Å². The van der Waals surface area contributed by atoms with Crippen LogP contribution in [0.5, 0.6) is 0 Å². The number of fused-ring (bicyclic) bond motifs is 1. The van der Waals surface area contributed by atoms with Crippen LogP contribution in [0.25, 0.3) is 11.0 Å². The van der Waals surface area contributed by atoms with Crippen molar-refractivity contribution in [3.63, 3.8) is 0 Å². The minimum Gasteiger partial charge on any atom is -0.422 e. The first-order valence-corrected chi connectivity index (χ1v) is 9.48. The zero-order valence-corrected chi connectivity index (χ0v) is 16.8. The summed E-state index contributed by atoms with van der Waals surface area (Å²) in [5.41, 5.74) is 5.11. The maximum atomic E-state index is 12.5. The van der Waals surface area contributed by atoms with Gasteiger partial charge in [0.05, 0.1) is 6.54 Å². The van der Waals surface area contributed by atoms with Crippen LogP contribution < -0.4 is 10.9 Å². The van der Waals surface area contributed by atoms with Crippen molar-refractivity contribution in [3.8, 4) is 0 Å². The second kappa shape index (κ2) is 8.40. The average molecular weight is 378 g/mol. The molecule has 0 aliphatic rings. The maximum absolute atomic E-state index is 12.5. The van der Waals surface area contributed by atoms with Gasteiger partial charge in [0.1, 0.15) is 5.58 Å². The van der Waals surface area contributed by atoms with Crippen LogP contribution in [0.1, 0.15) is 29.2 Å². The smallest absolute Gasteiger partial charge is 0.336 e. The van der Waals surface area contributed by atoms with Crippen LogP contribution in [0.15, 0.2) is 51.7 Å². The summed E-state index contributed by atoms with van der Waals surface area (Å²) < 4.78 is 5.43. The van der Waals surface area contributed by atoms with Gasteiger partial charge in [-0.1, -0.05) is 37.3 Å². The number of nitrogens with one attached hydrogen (secondary N) is 1. The van der Waals surface area contributed by atoms with Gasteiger partial charge in [0.15, 0.2) is 0 Å². The lowest BCUT2D eigenvalue weighted by atomic mass is 10.0. The van der Waals surface area contributed by atoms with E-state index >= 15 is 0 Å². The predicted molar refractivity (Wildman–Crippen MR) is 113 cm³/mol. The molecule has 146 valence electrons. The summed E-state index contributed by atoms with van der Waals surface area (Å²) >= 11 is 0. The van der Waals surface area contributed by atoms with Crippen molar-refractivity contribution < 1.29 is 9.21 Å². The lowest BCUT2D eigenvalue weighted by Gasteiger charge is -2.18. The molecule has 2 aromatic carbocycles. The molecule has 1 heterocycles. The minimum absolute atomic E-state index is 0.0808. The maximum Gasteiger partial charge on any atom is 0.336 e. The van der Waals surface area contributed by atoms with Crippen molar-refractivity contribution in [2.75, 3.05) is 18.9 Å². The van der Waals surface area contributed by atoms with Gasteiger partial charge in [-0.3, -0.25) is 9.69 Å². The Morgan fingerprint density at radius 2 is 1.86 bits per heavy atom. The van der Waals surface area contributed by atoms with Crippen molar-refractivity contribution in [2.45, 2.75) is 33.7 Å². The van der Waals surface area contributed by atoms with Gasteiger partial charge >= 0.3 is 5.63 Å². The average Bonchev–Trinajstić information content (AvgIpc) is 2.65. The molecular formula is C23H26N2O3. The Kier molecular flexibility index (Phi) is 5.95. The van der Waals surface area contributed by atoms with Crippen LogP contribution in [0, 0.1) is 13.8 Å². The van der Waals surface area contributed by atoms with E-state index in [0.29, 0.717) is 12.1 Å².